The molecular formula is C26H32F4N8OS. The zero-order valence-electron chi connectivity index (χ0n) is 22.0. The molecule has 0 saturated carbocycles. The summed E-state index contributed by atoms with van der Waals surface area (Å²) in [6.07, 6.45) is -2.99. The Labute approximate surface area is 234 Å². The number of amidine groups is 1. The van der Waals surface area contributed by atoms with E-state index in [2.05, 4.69) is 25.1 Å². The van der Waals surface area contributed by atoms with Gasteiger partial charge < -0.3 is 21.7 Å². The average Bonchev–Trinajstić information content (AvgIpc) is 3.30. The van der Waals surface area contributed by atoms with Crippen molar-refractivity contribution in [1.82, 2.24) is 14.9 Å². The topological polar surface area (TPSA) is 126 Å². The summed E-state index contributed by atoms with van der Waals surface area (Å²) in [4.78, 5) is 30.3. The molecule has 1 atom stereocenters. The van der Waals surface area contributed by atoms with Crippen LogP contribution in [0.5, 0.6) is 0 Å². The fourth-order valence-corrected chi connectivity index (χ4v) is 5.46. The second kappa shape index (κ2) is 12.9. The van der Waals surface area contributed by atoms with Crippen LogP contribution in [-0.2, 0) is 4.79 Å². The Balaban J connectivity index is 1.49. The molecule has 1 aromatic heterocycles. The van der Waals surface area contributed by atoms with E-state index in [0.717, 1.165) is 32.5 Å². The van der Waals surface area contributed by atoms with Gasteiger partial charge in [-0.05, 0) is 68.3 Å². The van der Waals surface area contributed by atoms with Gasteiger partial charge in [0.1, 0.15) is 24.2 Å². The molecule has 2 aliphatic heterocycles. The second-order valence-corrected chi connectivity index (χ2v) is 10.9. The number of piperidine rings is 1. The maximum Gasteiger partial charge on any atom is 0.397 e. The number of hydrogen-bond acceptors (Lipinski definition) is 8. The zero-order chi connectivity index (χ0) is 28.9. The van der Waals surface area contributed by atoms with Crippen LogP contribution in [0.1, 0.15) is 32.6 Å². The van der Waals surface area contributed by atoms with Crippen molar-refractivity contribution >= 4 is 40.8 Å². The first-order chi connectivity index (χ1) is 18.9. The molecule has 5 N–H and O–H groups in total. The number of likely N-dealkylation sites (tertiary alicyclic amines) is 1. The predicted octanol–water partition coefficient (Wildman–Crippen LogP) is 4.38. The summed E-state index contributed by atoms with van der Waals surface area (Å²) in [5, 5.41) is 2.63. The summed E-state index contributed by atoms with van der Waals surface area (Å²) in [6.45, 7) is 4.46. The Kier molecular flexibility index (Phi) is 9.51. The summed E-state index contributed by atoms with van der Waals surface area (Å²) in [6, 6.07) is 8.43. The highest BCUT2D eigenvalue weighted by molar-refractivity contribution is 7.99. The number of benzene rings is 1. The molecule has 1 aromatic carbocycles. The average molecular weight is 581 g/mol. The van der Waals surface area contributed by atoms with Gasteiger partial charge >= 0.3 is 6.18 Å². The number of alkyl halides is 4. The van der Waals surface area contributed by atoms with E-state index in [0.29, 0.717) is 46.4 Å². The first kappa shape index (κ1) is 29.6. The van der Waals surface area contributed by atoms with Crippen LogP contribution < -0.4 is 21.7 Å². The third-order valence-corrected chi connectivity index (χ3v) is 7.35. The van der Waals surface area contributed by atoms with Gasteiger partial charge in [0.2, 0.25) is 5.91 Å². The van der Waals surface area contributed by atoms with Gasteiger partial charge in [0, 0.05) is 54.6 Å². The third kappa shape index (κ3) is 8.81. The Bertz CT molecular complexity index is 1240. The molecule has 40 heavy (non-hydrogen) atoms. The Morgan fingerprint density at radius 2 is 1.85 bits per heavy atom. The Morgan fingerprint density at radius 1 is 1.15 bits per heavy atom. The summed E-state index contributed by atoms with van der Waals surface area (Å²) in [7, 11) is 0. The van der Waals surface area contributed by atoms with Gasteiger partial charge in [0.15, 0.2) is 11.0 Å². The monoisotopic (exact) mass is 580 g/mol. The number of nitrogens with two attached hydrogens (primary N) is 2. The molecule has 1 unspecified atom stereocenters. The van der Waals surface area contributed by atoms with E-state index in [4.69, 9.17) is 16.5 Å². The van der Waals surface area contributed by atoms with E-state index >= 15 is 0 Å². The van der Waals surface area contributed by atoms with E-state index in [1.54, 1.807) is 25.1 Å². The Morgan fingerprint density at radius 3 is 2.45 bits per heavy atom. The highest BCUT2D eigenvalue weighted by Crippen LogP contribution is 2.32. The number of rotatable bonds is 8. The fraction of sp³-hybridized carbons (Fsp3) is 0.462. The van der Waals surface area contributed by atoms with E-state index in [1.807, 2.05) is 0 Å². The number of carbonyl (C=O) groups excluding carboxylic acids is 1. The third-order valence-electron chi connectivity index (χ3n) is 6.47. The molecule has 2 aliphatic rings. The predicted molar refractivity (Wildman–Crippen MR) is 147 cm³/mol. The molecule has 3 heterocycles. The van der Waals surface area contributed by atoms with E-state index in [-0.39, 0.29) is 11.5 Å². The molecule has 2 fully saturated rings. The van der Waals surface area contributed by atoms with Gasteiger partial charge in [-0.3, -0.25) is 9.69 Å². The van der Waals surface area contributed by atoms with Crippen LogP contribution in [0.3, 0.4) is 0 Å². The zero-order valence-corrected chi connectivity index (χ0v) is 22.8. The van der Waals surface area contributed by atoms with Gasteiger partial charge in [0.05, 0.1) is 0 Å². The van der Waals surface area contributed by atoms with Gasteiger partial charge in [-0.1, -0.05) is 0 Å². The number of carbonyl (C=O) groups is 1. The van der Waals surface area contributed by atoms with Crippen molar-refractivity contribution in [2.45, 2.75) is 61.0 Å². The number of aliphatic imine (C=N–C) groups is 1. The van der Waals surface area contributed by atoms with Gasteiger partial charge in [-0.15, -0.1) is 0 Å². The summed E-state index contributed by atoms with van der Waals surface area (Å²) in [5.74, 6) is 0.0779. The highest BCUT2D eigenvalue weighted by atomic mass is 32.2. The summed E-state index contributed by atoms with van der Waals surface area (Å²) < 4.78 is 51.0. The summed E-state index contributed by atoms with van der Waals surface area (Å²) in [5.41, 5.74) is 12.5. The number of allylic oxidation sites excluding steroid dienone is 1. The molecule has 14 heteroatoms. The number of halogens is 4. The maximum atomic E-state index is 13.7. The van der Waals surface area contributed by atoms with Crippen LogP contribution in [0.4, 0.5) is 34.9 Å². The minimum atomic E-state index is -4.58. The Hall–Kier alpha value is -3.39. The summed E-state index contributed by atoms with van der Waals surface area (Å²) >= 11 is 1.24. The van der Waals surface area contributed by atoms with Gasteiger partial charge in [-0.2, -0.15) is 13.2 Å². The van der Waals surface area contributed by atoms with Crippen LogP contribution in [-0.4, -0.2) is 71.2 Å². The van der Waals surface area contributed by atoms with Crippen LogP contribution >= 0.6 is 11.8 Å². The normalized spacial score (nSPS) is 19.7. The number of aromatic nitrogens is 2. The van der Waals surface area contributed by atoms with Crippen molar-refractivity contribution in [3.8, 4) is 0 Å². The quantitative estimate of drug-likeness (QED) is 0.182. The highest BCUT2D eigenvalue weighted by Gasteiger charge is 2.32. The number of nitrogens with zero attached hydrogens (tertiary/aromatic N) is 5. The van der Waals surface area contributed by atoms with Crippen molar-refractivity contribution in [3.63, 3.8) is 0 Å². The van der Waals surface area contributed by atoms with Gasteiger partial charge in [-0.25, -0.2) is 19.4 Å². The van der Waals surface area contributed by atoms with Crippen LogP contribution in [0.15, 0.2) is 57.1 Å². The van der Waals surface area contributed by atoms with Crippen molar-refractivity contribution in [1.29, 1.82) is 0 Å². The number of hydrogen-bond donors (Lipinski definition) is 3. The lowest BCUT2D eigenvalue weighted by Gasteiger charge is -2.37. The second-order valence-electron chi connectivity index (χ2n) is 9.86. The smallest absolute Gasteiger partial charge is 0.397 e. The molecule has 0 bridgehead atoms. The number of amides is 1. The molecule has 216 valence electrons. The largest absolute Gasteiger partial charge is 0.402 e. The first-order valence-electron chi connectivity index (χ1n) is 12.9. The van der Waals surface area contributed by atoms with Crippen LogP contribution in [0.2, 0.25) is 0 Å². The van der Waals surface area contributed by atoms with E-state index < -0.39 is 24.7 Å². The van der Waals surface area contributed by atoms with E-state index in [1.165, 1.54) is 30.0 Å². The van der Waals surface area contributed by atoms with Crippen molar-refractivity contribution in [3.05, 3.63) is 42.1 Å². The lowest BCUT2D eigenvalue weighted by atomic mass is 10.0. The van der Waals surface area contributed by atoms with E-state index in [9.17, 15) is 22.4 Å². The van der Waals surface area contributed by atoms with Crippen LogP contribution in [0, 0.1) is 0 Å². The van der Waals surface area contributed by atoms with Gasteiger partial charge in [0.25, 0.3) is 0 Å². The number of anilines is 2. The van der Waals surface area contributed by atoms with Crippen LogP contribution in [0.25, 0.3) is 0 Å². The lowest BCUT2D eigenvalue weighted by Crippen LogP contribution is -2.44. The number of nitrogens with one attached hydrogen (secondary N) is 1. The standard InChI is InChI=1S/C26H32F4N8OS/c1-16(31)12-21(32)34-22-13-23(37-10-7-19(8-11-37)38-9-6-17(27)15-38)36-25(35-22)40-20-4-2-18(3-5-20)33-24(39)14-26(28,29)30/h2-5,12-13,17,19H,6-11,14-15,31H2,1H3,(H,33,39)(H2,32,34,35,36)/b16-12-. The maximum absolute atomic E-state index is 13.7. The van der Waals surface area contributed by atoms with Crippen molar-refractivity contribution < 1.29 is 22.4 Å². The first-order valence-corrected chi connectivity index (χ1v) is 13.7. The molecule has 9 nitrogen and oxygen atoms in total. The van der Waals surface area contributed by atoms with Crippen molar-refractivity contribution in [2.24, 2.45) is 16.5 Å². The molecule has 1 amide bonds. The molecule has 0 spiro atoms. The molecular weight excluding hydrogens is 548 g/mol. The molecule has 0 radical (unpaired) electrons. The molecule has 2 saturated heterocycles. The molecule has 4 rings (SSSR count). The fourth-order valence-electron chi connectivity index (χ4n) is 4.70. The molecule has 2 aromatic rings. The minimum absolute atomic E-state index is 0.188. The SMILES string of the molecule is C/C(N)=C/C(N)=N/c1cc(N2CCC(N3CCC(F)C3)CC2)nc(Sc2ccc(NC(=O)CC(F)(F)F)cc2)n1. The van der Waals surface area contributed by atoms with Crippen molar-refractivity contribution in [2.75, 3.05) is 36.4 Å². The lowest BCUT2D eigenvalue weighted by molar-refractivity contribution is -0.150. The molecule has 0 aliphatic carbocycles. The minimum Gasteiger partial charge on any atom is -0.402 e.